The van der Waals surface area contributed by atoms with Crippen molar-refractivity contribution >= 4 is 63.1 Å². The SMILES string of the molecule is NS(=O)(=O)CCCn1nnnc1SCC1=C(C(=O)O)N2C(=O)C(NC(=O)CSC(F)(F)F)C2SC1. The van der Waals surface area contributed by atoms with Gasteiger partial charge in [0.2, 0.25) is 21.1 Å². The van der Waals surface area contributed by atoms with Crippen molar-refractivity contribution in [3.05, 3.63) is 11.3 Å². The number of halogens is 3. The number of hydrogen-bond acceptors (Lipinski definition) is 11. The van der Waals surface area contributed by atoms with Gasteiger partial charge in [-0.3, -0.25) is 14.5 Å². The molecule has 2 amide bonds. The Bertz CT molecular complexity index is 1140. The van der Waals surface area contributed by atoms with Gasteiger partial charge in [0, 0.05) is 18.1 Å². The van der Waals surface area contributed by atoms with E-state index in [4.69, 9.17) is 5.14 Å². The van der Waals surface area contributed by atoms with Crippen LogP contribution in [0.1, 0.15) is 6.42 Å². The molecule has 0 spiro atoms. The summed E-state index contributed by atoms with van der Waals surface area (Å²) in [5.74, 6) is -4.00. The van der Waals surface area contributed by atoms with Crippen LogP contribution >= 0.6 is 35.3 Å². The summed E-state index contributed by atoms with van der Waals surface area (Å²) in [6, 6.07) is -1.13. The summed E-state index contributed by atoms with van der Waals surface area (Å²) >= 11 is 1.71. The van der Waals surface area contributed by atoms with E-state index in [0.717, 1.165) is 16.7 Å². The maximum Gasteiger partial charge on any atom is 0.442 e. The van der Waals surface area contributed by atoms with Gasteiger partial charge in [0.25, 0.3) is 5.91 Å². The molecule has 1 aromatic heterocycles. The molecule has 3 heterocycles. The van der Waals surface area contributed by atoms with Crippen LogP contribution in [0.3, 0.4) is 0 Å². The average Bonchev–Trinajstić information content (AvgIpc) is 3.19. The highest BCUT2D eigenvalue weighted by atomic mass is 32.2. The minimum atomic E-state index is -4.60. The van der Waals surface area contributed by atoms with Crippen LogP contribution in [0.15, 0.2) is 16.4 Å². The minimum Gasteiger partial charge on any atom is -0.477 e. The van der Waals surface area contributed by atoms with Crippen LogP contribution in [0.2, 0.25) is 0 Å². The normalized spacial score (nSPS) is 20.5. The number of hydrogen-bond donors (Lipinski definition) is 3. The second-order valence-corrected chi connectivity index (χ2v) is 12.0. The number of nitrogens with two attached hydrogens (primary N) is 1. The third kappa shape index (κ3) is 7.24. The first-order valence-electron chi connectivity index (χ1n) is 9.56. The van der Waals surface area contributed by atoms with Crippen molar-refractivity contribution in [1.29, 1.82) is 0 Å². The van der Waals surface area contributed by atoms with Gasteiger partial charge >= 0.3 is 11.5 Å². The molecule has 13 nitrogen and oxygen atoms in total. The van der Waals surface area contributed by atoms with Gasteiger partial charge in [-0.2, -0.15) is 13.2 Å². The highest BCUT2D eigenvalue weighted by Crippen LogP contribution is 2.41. The number of aliphatic carboxylic acids is 1. The van der Waals surface area contributed by atoms with Crippen LogP contribution in [0.5, 0.6) is 0 Å². The zero-order chi connectivity index (χ0) is 26.0. The summed E-state index contributed by atoms with van der Waals surface area (Å²) in [6.07, 6.45) is 0.162. The van der Waals surface area contributed by atoms with E-state index in [0.29, 0.717) is 10.7 Å². The fourth-order valence-electron chi connectivity index (χ4n) is 3.16. The summed E-state index contributed by atoms with van der Waals surface area (Å²) < 4.78 is 60.3. The molecule has 1 aromatic rings. The molecule has 2 atom stereocenters. The molecule has 0 bridgehead atoms. The van der Waals surface area contributed by atoms with Crippen LogP contribution in [0.25, 0.3) is 0 Å². The van der Waals surface area contributed by atoms with E-state index >= 15 is 0 Å². The molecule has 35 heavy (non-hydrogen) atoms. The number of nitrogens with one attached hydrogen (secondary N) is 1. The van der Waals surface area contributed by atoms with Crippen molar-refractivity contribution in [2.45, 2.75) is 35.0 Å². The molecule has 0 radical (unpaired) electrons. The molecular weight excluding hydrogens is 559 g/mol. The number of fused-ring (bicyclic) bond motifs is 1. The number of sulfonamides is 1. The van der Waals surface area contributed by atoms with Gasteiger partial charge in [-0.15, -0.1) is 16.9 Å². The number of thioether (sulfide) groups is 3. The molecule has 0 aromatic carbocycles. The Morgan fingerprint density at radius 2 is 2.06 bits per heavy atom. The van der Waals surface area contributed by atoms with Gasteiger partial charge in [-0.05, 0) is 34.2 Å². The molecular formula is C15H18F3N7O6S4. The highest BCUT2D eigenvalue weighted by molar-refractivity contribution is 8.01. The molecule has 2 aliphatic rings. The topological polar surface area (TPSA) is 190 Å². The highest BCUT2D eigenvalue weighted by Gasteiger charge is 2.54. The number of tetrazole rings is 1. The Morgan fingerprint density at radius 3 is 2.69 bits per heavy atom. The third-order valence-corrected chi connectivity index (χ3v) is 8.58. The molecule has 2 unspecified atom stereocenters. The summed E-state index contributed by atoms with van der Waals surface area (Å²) in [6.45, 7) is 0.159. The van der Waals surface area contributed by atoms with Crippen LogP contribution in [0, 0.1) is 0 Å². The zero-order valence-corrected chi connectivity index (χ0v) is 20.7. The van der Waals surface area contributed by atoms with Gasteiger partial charge in [0.05, 0.1) is 11.5 Å². The predicted octanol–water partition coefficient (Wildman–Crippen LogP) is -0.565. The number of rotatable bonds is 11. The first-order chi connectivity index (χ1) is 16.3. The zero-order valence-electron chi connectivity index (χ0n) is 17.5. The Kier molecular flexibility index (Phi) is 8.60. The lowest BCUT2D eigenvalue weighted by Gasteiger charge is -2.49. The van der Waals surface area contributed by atoms with Crippen molar-refractivity contribution in [2.24, 2.45) is 5.14 Å². The molecule has 194 valence electrons. The summed E-state index contributed by atoms with van der Waals surface area (Å²) in [4.78, 5) is 37.2. The van der Waals surface area contributed by atoms with Gasteiger partial charge in [0.1, 0.15) is 17.1 Å². The molecule has 0 saturated carbocycles. The van der Waals surface area contributed by atoms with E-state index in [1.807, 2.05) is 0 Å². The van der Waals surface area contributed by atoms with Crippen molar-refractivity contribution in [1.82, 2.24) is 30.4 Å². The Morgan fingerprint density at radius 1 is 1.34 bits per heavy atom. The van der Waals surface area contributed by atoms with Crippen LogP contribution in [-0.4, -0.2) is 96.4 Å². The molecule has 4 N–H and O–H groups in total. The number of carboxylic acids is 1. The number of nitrogens with zero attached hydrogens (tertiary/aromatic N) is 5. The lowest BCUT2D eigenvalue weighted by molar-refractivity contribution is -0.150. The maximum absolute atomic E-state index is 12.5. The Balaban J connectivity index is 1.63. The van der Waals surface area contributed by atoms with Gasteiger partial charge in [-0.1, -0.05) is 11.8 Å². The van der Waals surface area contributed by atoms with E-state index in [1.165, 1.54) is 16.4 Å². The third-order valence-electron chi connectivity index (χ3n) is 4.61. The average molecular weight is 578 g/mol. The number of alkyl halides is 3. The number of β-lactam (4-membered cyclic amide) rings is 1. The fraction of sp³-hybridized carbons (Fsp3) is 0.600. The van der Waals surface area contributed by atoms with Gasteiger partial charge in [-0.25, -0.2) is 23.0 Å². The molecule has 1 fully saturated rings. The molecule has 2 aliphatic heterocycles. The molecule has 0 aliphatic carbocycles. The summed E-state index contributed by atoms with van der Waals surface area (Å²) in [5.41, 5.74) is -4.48. The second kappa shape index (κ2) is 10.9. The first-order valence-corrected chi connectivity index (χ1v) is 14.3. The largest absolute Gasteiger partial charge is 0.477 e. The van der Waals surface area contributed by atoms with Gasteiger partial charge < -0.3 is 10.4 Å². The number of aromatic nitrogens is 4. The number of primary sulfonamides is 1. The smallest absolute Gasteiger partial charge is 0.442 e. The van der Waals surface area contributed by atoms with Crippen molar-refractivity contribution in [2.75, 3.05) is 23.0 Å². The monoisotopic (exact) mass is 577 g/mol. The standard InChI is InChI=1S/C15H18F3N7O6S4/c16-15(17,18)34-6-8(26)20-9-11(27)25-10(13(28)29)7(4-32-12(9)25)5-33-14-21-22-23-24(14)2-1-3-35(19,30)31/h9,12H,1-6H2,(H,20,26)(H,28,29)(H2,19,30,31). The molecule has 3 rings (SSSR count). The maximum atomic E-state index is 12.5. The van der Waals surface area contributed by atoms with Crippen molar-refractivity contribution < 1.29 is 41.1 Å². The number of aryl methyl sites for hydroxylation is 1. The van der Waals surface area contributed by atoms with E-state index in [9.17, 15) is 41.1 Å². The fourth-order valence-corrected chi connectivity index (χ4v) is 6.46. The van der Waals surface area contributed by atoms with Crippen LogP contribution < -0.4 is 10.5 Å². The number of carboxylic acid groups (broad SMARTS) is 1. The van der Waals surface area contributed by atoms with Gasteiger partial charge in [0.15, 0.2) is 0 Å². The summed E-state index contributed by atoms with van der Waals surface area (Å²) in [5, 5.41) is 27.5. The summed E-state index contributed by atoms with van der Waals surface area (Å²) in [7, 11) is -3.65. The van der Waals surface area contributed by atoms with E-state index in [-0.39, 0.29) is 35.9 Å². The van der Waals surface area contributed by atoms with Crippen LogP contribution in [-0.2, 0) is 31.0 Å². The van der Waals surface area contributed by atoms with E-state index in [1.54, 1.807) is 0 Å². The number of amides is 2. The van der Waals surface area contributed by atoms with E-state index in [2.05, 4.69) is 20.8 Å². The number of carbonyl (C=O) groups excluding carboxylic acids is 2. The quantitative estimate of drug-likeness (QED) is 0.225. The minimum absolute atomic E-state index is 0.0972. The van der Waals surface area contributed by atoms with Crippen molar-refractivity contribution in [3.63, 3.8) is 0 Å². The van der Waals surface area contributed by atoms with Crippen molar-refractivity contribution in [3.8, 4) is 0 Å². The Hall–Kier alpha value is -2.03. The molecule has 1 saturated heterocycles. The lowest BCUT2D eigenvalue weighted by atomic mass is 10.0. The predicted molar refractivity (Wildman–Crippen MR) is 119 cm³/mol. The second-order valence-electron chi connectivity index (χ2n) is 7.14. The number of carbonyl (C=O) groups is 3. The van der Waals surface area contributed by atoms with Crippen LogP contribution in [0.4, 0.5) is 13.2 Å². The molecule has 20 heteroatoms. The van der Waals surface area contributed by atoms with E-state index < -0.39 is 62.2 Å². The first kappa shape index (κ1) is 27.6. The lowest BCUT2D eigenvalue weighted by Crippen LogP contribution is -2.70. The Labute approximate surface area is 208 Å².